The highest BCUT2D eigenvalue weighted by Crippen LogP contribution is 1.91. The Kier molecular flexibility index (Phi) is 10.1. The average Bonchev–Trinajstić information content (AvgIpc) is 2.40. The summed E-state index contributed by atoms with van der Waals surface area (Å²) in [7, 11) is 1.32. The third kappa shape index (κ3) is 8.56. The molecule has 19 heavy (non-hydrogen) atoms. The minimum atomic E-state index is -0.615. The number of hydrogen-bond acceptors (Lipinski definition) is 5. The van der Waals surface area contributed by atoms with Gasteiger partial charge in [0.15, 0.2) is 0 Å². The third-order valence-corrected chi connectivity index (χ3v) is 2.93. The molecule has 0 aromatic carbocycles. The lowest BCUT2D eigenvalue weighted by Gasteiger charge is -2.19. The standard InChI is InChI=1S/C13H27N3O3/c1-5-16(6-2)9-7-8-14-10-12(13(18)19-4)15-11(3)17/h12,14H,5-10H2,1-4H3,(H,15,17). The Labute approximate surface area is 115 Å². The van der Waals surface area contributed by atoms with Gasteiger partial charge < -0.3 is 20.3 Å². The van der Waals surface area contributed by atoms with Crippen molar-refractivity contribution in [2.24, 2.45) is 0 Å². The maximum absolute atomic E-state index is 11.4. The molecule has 1 amide bonds. The molecular weight excluding hydrogens is 246 g/mol. The van der Waals surface area contributed by atoms with E-state index in [9.17, 15) is 9.59 Å². The fourth-order valence-electron chi connectivity index (χ4n) is 1.79. The predicted molar refractivity (Wildman–Crippen MR) is 74.9 cm³/mol. The van der Waals surface area contributed by atoms with E-state index in [1.165, 1.54) is 14.0 Å². The van der Waals surface area contributed by atoms with Crippen LogP contribution in [0.1, 0.15) is 27.2 Å². The van der Waals surface area contributed by atoms with Gasteiger partial charge in [-0.2, -0.15) is 0 Å². The molecule has 0 saturated carbocycles. The van der Waals surface area contributed by atoms with Crippen LogP contribution in [0, 0.1) is 0 Å². The van der Waals surface area contributed by atoms with E-state index in [1.807, 2.05) is 0 Å². The molecule has 1 unspecified atom stereocenters. The lowest BCUT2D eigenvalue weighted by atomic mass is 10.2. The van der Waals surface area contributed by atoms with Gasteiger partial charge in [0, 0.05) is 13.5 Å². The molecule has 0 aliphatic carbocycles. The number of ether oxygens (including phenoxy) is 1. The molecule has 112 valence electrons. The van der Waals surface area contributed by atoms with E-state index in [0.717, 1.165) is 32.6 Å². The molecule has 0 saturated heterocycles. The molecule has 0 rings (SSSR count). The SMILES string of the molecule is CCN(CC)CCCNCC(NC(C)=O)C(=O)OC. The Morgan fingerprint density at radius 3 is 2.37 bits per heavy atom. The second-order valence-electron chi connectivity index (χ2n) is 4.36. The molecule has 0 aliphatic heterocycles. The highest BCUT2D eigenvalue weighted by Gasteiger charge is 2.19. The molecule has 6 heteroatoms. The average molecular weight is 273 g/mol. The van der Waals surface area contributed by atoms with Crippen LogP contribution in [0.15, 0.2) is 0 Å². The number of carbonyl (C=O) groups is 2. The van der Waals surface area contributed by atoms with E-state index >= 15 is 0 Å². The minimum absolute atomic E-state index is 0.236. The Hall–Kier alpha value is -1.14. The largest absolute Gasteiger partial charge is 0.467 e. The van der Waals surface area contributed by atoms with Gasteiger partial charge in [-0.25, -0.2) is 4.79 Å². The number of nitrogens with zero attached hydrogens (tertiary/aromatic N) is 1. The van der Waals surface area contributed by atoms with E-state index < -0.39 is 12.0 Å². The van der Waals surface area contributed by atoms with Crippen molar-refractivity contribution in [3.8, 4) is 0 Å². The Balaban J connectivity index is 3.86. The highest BCUT2D eigenvalue weighted by molar-refractivity contribution is 5.83. The van der Waals surface area contributed by atoms with Gasteiger partial charge in [0.1, 0.15) is 6.04 Å². The second-order valence-corrected chi connectivity index (χ2v) is 4.36. The summed E-state index contributed by atoms with van der Waals surface area (Å²) in [5.41, 5.74) is 0. The Bertz CT molecular complexity index is 268. The first-order chi connectivity index (χ1) is 9.04. The number of methoxy groups -OCH3 is 1. The summed E-state index contributed by atoms with van der Waals surface area (Å²) >= 11 is 0. The monoisotopic (exact) mass is 273 g/mol. The molecule has 0 fully saturated rings. The van der Waals surface area contributed by atoms with Crippen LogP contribution < -0.4 is 10.6 Å². The fourth-order valence-corrected chi connectivity index (χ4v) is 1.79. The summed E-state index contributed by atoms with van der Waals surface area (Å²) in [6, 6.07) is -0.615. The maximum Gasteiger partial charge on any atom is 0.329 e. The molecule has 0 radical (unpaired) electrons. The van der Waals surface area contributed by atoms with E-state index in [0.29, 0.717) is 6.54 Å². The molecule has 6 nitrogen and oxygen atoms in total. The smallest absolute Gasteiger partial charge is 0.329 e. The van der Waals surface area contributed by atoms with Crippen molar-refractivity contribution < 1.29 is 14.3 Å². The van der Waals surface area contributed by atoms with Crippen molar-refractivity contribution in [1.82, 2.24) is 15.5 Å². The highest BCUT2D eigenvalue weighted by atomic mass is 16.5. The molecule has 0 spiro atoms. The lowest BCUT2D eigenvalue weighted by molar-refractivity contribution is -0.144. The summed E-state index contributed by atoms with van der Waals surface area (Å²) in [4.78, 5) is 24.7. The van der Waals surface area contributed by atoms with Crippen LogP contribution in [-0.2, 0) is 14.3 Å². The first-order valence-electron chi connectivity index (χ1n) is 6.83. The summed E-state index contributed by atoms with van der Waals surface area (Å²) in [5, 5.41) is 5.73. The molecule has 0 aromatic rings. The molecule has 2 N–H and O–H groups in total. The maximum atomic E-state index is 11.4. The van der Waals surface area contributed by atoms with Crippen molar-refractivity contribution in [3.63, 3.8) is 0 Å². The molecular formula is C13H27N3O3. The quantitative estimate of drug-likeness (QED) is 0.432. The number of carbonyl (C=O) groups excluding carboxylic acids is 2. The summed E-state index contributed by atoms with van der Waals surface area (Å²) in [6.45, 7) is 10.00. The van der Waals surface area contributed by atoms with Gasteiger partial charge in [-0.1, -0.05) is 13.8 Å². The van der Waals surface area contributed by atoms with Crippen molar-refractivity contribution in [3.05, 3.63) is 0 Å². The van der Waals surface area contributed by atoms with Crippen molar-refractivity contribution >= 4 is 11.9 Å². The number of esters is 1. The Morgan fingerprint density at radius 2 is 1.89 bits per heavy atom. The first kappa shape index (κ1) is 17.9. The van der Waals surface area contributed by atoms with Gasteiger partial charge in [-0.05, 0) is 32.6 Å². The zero-order valence-corrected chi connectivity index (χ0v) is 12.5. The first-order valence-corrected chi connectivity index (χ1v) is 6.83. The summed E-state index contributed by atoms with van der Waals surface area (Å²) < 4.78 is 4.64. The minimum Gasteiger partial charge on any atom is -0.467 e. The molecule has 0 heterocycles. The zero-order chi connectivity index (χ0) is 14.7. The lowest BCUT2D eigenvalue weighted by Crippen LogP contribution is -2.47. The fraction of sp³-hybridized carbons (Fsp3) is 0.846. The third-order valence-electron chi connectivity index (χ3n) is 2.93. The number of amides is 1. The van der Waals surface area contributed by atoms with E-state index in [2.05, 4.69) is 34.1 Å². The van der Waals surface area contributed by atoms with E-state index in [4.69, 9.17) is 0 Å². The number of hydrogen-bond donors (Lipinski definition) is 2. The topological polar surface area (TPSA) is 70.7 Å². The van der Waals surface area contributed by atoms with Crippen LogP contribution >= 0.6 is 0 Å². The van der Waals surface area contributed by atoms with Gasteiger partial charge in [0.2, 0.25) is 5.91 Å². The van der Waals surface area contributed by atoms with Crippen molar-refractivity contribution in [2.75, 3.05) is 39.8 Å². The van der Waals surface area contributed by atoms with Crippen molar-refractivity contribution in [2.45, 2.75) is 33.2 Å². The molecule has 0 aromatic heterocycles. The zero-order valence-electron chi connectivity index (χ0n) is 12.5. The number of rotatable bonds is 10. The van der Waals surface area contributed by atoms with Crippen LogP contribution in [0.3, 0.4) is 0 Å². The van der Waals surface area contributed by atoms with E-state index in [-0.39, 0.29) is 5.91 Å². The molecule has 1 atom stereocenters. The molecule has 0 aliphatic rings. The van der Waals surface area contributed by atoms with Gasteiger partial charge in [0.05, 0.1) is 7.11 Å². The van der Waals surface area contributed by atoms with Crippen LogP contribution in [0.25, 0.3) is 0 Å². The predicted octanol–water partition coefficient (Wildman–Crippen LogP) is -0.0144. The van der Waals surface area contributed by atoms with Crippen LogP contribution in [0.5, 0.6) is 0 Å². The normalized spacial score (nSPS) is 12.3. The van der Waals surface area contributed by atoms with Crippen LogP contribution in [-0.4, -0.2) is 62.7 Å². The van der Waals surface area contributed by atoms with Gasteiger partial charge in [0.25, 0.3) is 0 Å². The van der Waals surface area contributed by atoms with Gasteiger partial charge >= 0.3 is 5.97 Å². The molecule has 0 bridgehead atoms. The van der Waals surface area contributed by atoms with Crippen LogP contribution in [0.4, 0.5) is 0 Å². The van der Waals surface area contributed by atoms with Gasteiger partial charge in [-0.15, -0.1) is 0 Å². The van der Waals surface area contributed by atoms with Crippen LogP contribution in [0.2, 0.25) is 0 Å². The summed E-state index contributed by atoms with van der Waals surface area (Å²) in [6.07, 6.45) is 1.01. The summed E-state index contributed by atoms with van der Waals surface area (Å²) in [5.74, 6) is -0.660. The number of nitrogens with one attached hydrogen (secondary N) is 2. The second kappa shape index (κ2) is 10.8. The van der Waals surface area contributed by atoms with Crippen molar-refractivity contribution in [1.29, 1.82) is 0 Å². The Morgan fingerprint density at radius 1 is 1.26 bits per heavy atom. The van der Waals surface area contributed by atoms with Gasteiger partial charge in [-0.3, -0.25) is 4.79 Å². The van der Waals surface area contributed by atoms with E-state index in [1.54, 1.807) is 0 Å².